The maximum atomic E-state index is 10.2. The summed E-state index contributed by atoms with van der Waals surface area (Å²) in [6.07, 6.45) is 0. The van der Waals surface area contributed by atoms with E-state index >= 15 is 0 Å². The number of halogens is 1. The van der Waals surface area contributed by atoms with Gasteiger partial charge in [0.2, 0.25) is 0 Å². The van der Waals surface area contributed by atoms with Crippen LogP contribution in [0.4, 0.5) is 5.69 Å². The third kappa shape index (κ3) is 2.18. The molecule has 1 rings (SSSR count). The molecule has 0 aliphatic heterocycles. The van der Waals surface area contributed by atoms with E-state index in [9.17, 15) is 14.9 Å². The predicted molar refractivity (Wildman–Crippen MR) is 45.2 cm³/mol. The van der Waals surface area contributed by atoms with Gasteiger partial charge in [-0.05, 0) is 0 Å². The number of nitro groups is 1. The van der Waals surface area contributed by atoms with Gasteiger partial charge in [0.05, 0.1) is 10.3 Å². The van der Waals surface area contributed by atoms with Gasteiger partial charge in [-0.15, -0.1) is 23.7 Å². The largest absolute Gasteiger partial charge is 0.477 e. The van der Waals surface area contributed by atoms with Crippen molar-refractivity contribution in [1.82, 2.24) is 0 Å². The Morgan fingerprint density at radius 3 is 2.50 bits per heavy atom. The van der Waals surface area contributed by atoms with Gasteiger partial charge in [0, 0.05) is 6.07 Å². The lowest BCUT2D eigenvalue weighted by atomic mass is 10.4. The monoisotopic (exact) mass is 209 g/mol. The molecule has 0 saturated carbocycles. The summed E-state index contributed by atoms with van der Waals surface area (Å²) >= 11 is 0.845. The van der Waals surface area contributed by atoms with Crippen LogP contribution in [-0.2, 0) is 0 Å². The Balaban J connectivity index is 0.00000121. The first kappa shape index (κ1) is 10.9. The number of hydrogen-bond donors (Lipinski definition) is 1. The lowest BCUT2D eigenvalue weighted by molar-refractivity contribution is -0.384. The summed E-state index contributed by atoms with van der Waals surface area (Å²) in [5.74, 6) is -1.14. The number of carboxylic acid groups (broad SMARTS) is 1. The zero-order chi connectivity index (χ0) is 8.43. The summed E-state index contributed by atoms with van der Waals surface area (Å²) in [6.45, 7) is 0. The van der Waals surface area contributed by atoms with Crippen molar-refractivity contribution >= 4 is 35.4 Å². The SMILES string of the molecule is Cl.O=C(O)c1cc([N+](=O)[O-])cs1. The van der Waals surface area contributed by atoms with Crippen molar-refractivity contribution in [2.75, 3.05) is 0 Å². The number of carboxylic acids is 1. The van der Waals surface area contributed by atoms with E-state index in [0.29, 0.717) is 0 Å². The van der Waals surface area contributed by atoms with E-state index in [-0.39, 0.29) is 23.0 Å². The Kier molecular flexibility index (Phi) is 3.65. The van der Waals surface area contributed by atoms with Crippen LogP contribution in [0.2, 0.25) is 0 Å². The van der Waals surface area contributed by atoms with Gasteiger partial charge in [-0.2, -0.15) is 0 Å². The lowest BCUT2D eigenvalue weighted by Crippen LogP contribution is -1.90. The summed E-state index contributed by atoms with van der Waals surface area (Å²) in [4.78, 5) is 19.6. The van der Waals surface area contributed by atoms with Crippen LogP contribution in [0.25, 0.3) is 0 Å². The first-order valence-electron chi connectivity index (χ1n) is 2.57. The third-order valence-electron chi connectivity index (χ3n) is 1.01. The van der Waals surface area contributed by atoms with Crippen molar-refractivity contribution < 1.29 is 14.8 Å². The van der Waals surface area contributed by atoms with Crippen molar-refractivity contribution in [3.05, 3.63) is 26.4 Å². The second-order valence-electron chi connectivity index (χ2n) is 1.73. The normalized spacial score (nSPS) is 8.67. The Hall–Kier alpha value is -1.14. The molecular weight excluding hydrogens is 206 g/mol. The number of rotatable bonds is 2. The molecule has 0 aromatic carbocycles. The third-order valence-corrected chi connectivity index (χ3v) is 1.91. The van der Waals surface area contributed by atoms with Crippen molar-refractivity contribution in [2.24, 2.45) is 0 Å². The van der Waals surface area contributed by atoms with Crippen molar-refractivity contribution in [3.8, 4) is 0 Å². The molecule has 0 aliphatic carbocycles. The number of nitrogens with zero attached hydrogens (tertiary/aromatic N) is 1. The Morgan fingerprint density at radius 1 is 1.67 bits per heavy atom. The van der Waals surface area contributed by atoms with E-state index in [0.717, 1.165) is 17.4 Å². The van der Waals surface area contributed by atoms with Crippen LogP contribution in [0.5, 0.6) is 0 Å². The summed E-state index contributed by atoms with van der Waals surface area (Å²) in [5.41, 5.74) is -0.174. The first-order chi connectivity index (χ1) is 5.11. The highest BCUT2D eigenvalue weighted by Crippen LogP contribution is 2.20. The lowest BCUT2D eigenvalue weighted by Gasteiger charge is -1.80. The fraction of sp³-hybridized carbons (Fsp3) is 0. The predicted octanol–water partition coefficient (Wildman–Crippen LogP) is 1.78. The molecule has 0 spiro atoms. The molecule has 66 valence electrons. The highest BCUT2D eigenvalue weighted by Gasteiger charge is 2.12. The van der Waals surface area contributed by atoms with E-state index in [4.69, 9.17) is 5.11 Å². The molecule has 0 fully saturated rings. The minimum atomic E-state index is -1.14. The maximum Gasteiger partial charge on any atom is 0.346 e. The van der Waals surface area contributed by atoms with Gasteiger partial charge in [0.1, 0.15) is 4.88 Å². The minimum Gasteiger partial charge on any atom is -0.477 e. The van der Waals surface area contributed by atoms with Gasteiger partial charge in [-0.3, -0.25) is 10.1 Å². The van der Waals surface area contributed by atoms with Crippen LogP contribution in [0.3, 0.4) is 0 Å². The average molecular weight is 210 g/mol. The van der Waals surface area contributed by atoms with Crippen LogP contribution in [0.15, 0.2) is 11.4 Å². The zero-order valence-corrected chi connectivity index (χ0v) is 7.22. The molecule has 1 N–H and O–H groups in total. The highest BCUT2D eigenvalue weighted by atomic mass is 35.5. The second kappa shape index (κ2) is 4.03. The fourth-order valence-corrected chi connectivity index (χ4v) is 1.23. The van der Waals surface area contributed by atoms with Gasteiger partial charge >= 0.3 is 5.97 Å². The van der Waals surface area contributed by atoms with Gasteiger partial charge < -0.3 is 5.11 Å². The Morgan fingerprint density at radius 2 is 2.25 bits per heavy atom. The minimum absolute atomic E-state index is 0. The summed E-state index contributed by atoms with van der Waals surface area (Å²) in [6, 6.07) is 1.03. The topological polar surface area (TPSA) is 80.4 Å². The van der Waals surface area contributed by atoms with Gasteiger partial charge in [0.25, 0.3) is 5.69 Å². The first-order valence-corrected chi connectivity index (χ1v) is 3.45. The molecule has 0 bridgehead atoms. The number of thiophene rings is 1. The van der Waals surface area contributed by atoms with E-state index in [1.165, 1.54) is 5.38 Å². The molecule has 0 amide bonds. The van der Waals surface area contributed by atoms with Crippen molar-refractivity contribution in [2.45, 2.75) is 0 Å². The summed E-state index contributed by atoms with van der Waals surface area (Å²) in [7, 11) is 0. The number of carbonyl (C=O) groups is 1. The Labute approximate surface area is 77.2 Å². The maximum absolute atomic E-state index is 10.2. The molecule has 0 aliphatic rings. The molecule has 7 heteroatoms. The molecule has 1 aromatic rings. The highest BCUT2D eigenvalue weighted by molar-refractivity contribution is 7.12. The number of hydrogen-bond acceptors (Lipinski definition) is 4. The van der Waals surface area contributed by atoms with Crippen molar-refractivity contribution in [3.63, 3.8) is 0 Å². The Bertz CT molecular complexity index is 282. The van der Waals surface area contributed by atoms with Gasteiger partial charge in [0.15, 0.2) is 0 Å². The molecule has 12 heavy (non-hydrogen) atoms. The summed E-state index contributed by atoms with van der Waals surface area (Å²) < 4.78 is 0. The van der Waals surface area contributed by atoms with Crippen LogP contribution in [0, 0.1) is 10.1 Å². The van der Waals surface area contributed by atoms with E-state index in [2.05, 4.69) is 0 Å². The quantitative estimate of drug-likeness (QED) is 0.595. The van der Waals surface area contributed by atoms with Crippen LogP contribution >= 0.6 is 23.7 Å². The zero-order valence-electron chi connectivity index (χ0n) is 5.59. The number of aromatic carboxylic acids is 1. The van der Waals surface area contributed by atoms with E-state index < -0.39 is 10.9 Å². The summed E-state index contributed by atoms with van der Waals surface area (Å²) in [5, 5.41) is 19.6. The molecule has 0 atom stereocenters. The van der Waals surface area contributed by atoms with E-state index in [1.807, 2.05) is 0 Å². The van der Waals surface area contributed by atoms with Gasteiger partial charge in [-0.25, -0.2) is 4.79 Å². The molecule has 1 aromatic heterocycles. The molecule has 0 unspecified atom stereocenters. The van der Waals surface area contributed by atoms with Crippen LogP contribution in [0.1, 0.15) is 9.67 Å². The van der Waals surface area contributed by atoms with E-state index in [1.54, 1.807) is 0 Å². The molecule has 0 radical (unpaired) electrons. The molecule has 5 nitrogen and oxygen atoms in total. The molecule has 0 saturated heterocycles. The fourth-order valence-electron chi connectivity index (χ4n) is 0.534. The van der Waals surface area contributed by atoms with Crippen LogP contribution in [-0.4, -0.2) is 16.0 Å². The second-order valence-corrected chi connectivity index (χ2v) is 2.64. The van der Waals surface area contributed by atoms with Crippen LogP contribution < -0.4 is 0 Å². The standard InChI is InChI=1S/C5H3NO4S.ClH/c7-5(8)4-1-3(2-11-4)6(9)10;/h1-2H,(H,7,8);1H. The average Bonchev–Trinajstić information content (AvgIpc) is 2.33. The molecular formula is C5H4ClNO4S. The van der Waals surface area contributed by atoms with Gasteiger partial charge in [-0.1, -0.05) is 0 Å². The van der Waals surface area contributed by atoms with Crippen molar-refractivity contribution in [1.29, 1.82) is 0 Å². The molecule has 1 heterocycles. The smallest absolute Gasteiger partial charge is 0.346 e.